The van der Waals surface area contributed by atoms with Crippen molar-refractivity contribution < 1.29 is 5.11 Å². The van der Waals surface area contributed by atoms with Gasteiger partial charge in [-0.15, -0.1) is 10.2 Å². The second kappa shape index (κ2) is 5.14. The van der Waals surface area contributed by atoms with Crippen LogP contribution >= 0.6 is 34.7 Å². The summed E-state index contributed by atoms with van der Waals surface area (Å²) in [5, 5.41) is 17.7. The molecule has 0 amide bonds. The molecule has 2 rings (SSSR count). The predicted molar refractivity (Wildman–Crippen MR) is 66.1 cm³/mol. The zero-order valence-electron chi connectivity index (χ0n) is 8.42. The third-order valence-corrected chi connectivity index (χ3v) is 4.25. The van der Waals surface area contributed by atoms with E-state index in [9.17, 15) is 5.11 Å². The Labute approximate surface area is 106 Å². The molecule has 1 aromatic carbocycles. The van der Waals surface area contributed by atoms with E-state index in [1.807, 2.05) is 12.1 Å². The fourth-order valence-electron chi connectivity index (χ4n) is 1.16. The van der Waals surface area contributed by atoms with Crippen LogP contribution in [-0.4, -0.2) is 15.3 Å². The van der Waals surface area contributed by atoms with E-state index in [4.69, 9.17) is 11.6 Å². The Morgan fingerprint density at radius 1 is 1.50 bits per heavy atom. The van der Waals surface area contributed by atoms with Crippen LogP contribution in [0, 0.1) is 0 Å². The molecule has 1 N–H and O–H groups in total. The topological polar surface area (TPSA) is 46.0 Å². The van der Waals surface area contributed by atoms with Crippen LogP contribution in [0.5, 0.6) is 0 Å². The first kappa shape index (κ1) is 11.9. The zero-order valence-corrected chi connectivity index (χ0v) is 10.8. The van der Waals surface area contributed by atoms with Crippen molar-refractivity contribution in [3.05, 3.63) is 34.3 Å². The zero-order chi connectivity index (χ0) is 11.5. The highest BCUT2D eigenvalue weighted by atomic mass is 35.5. The molecule has 6 heteroatoms. The molecule has 0 fully saturated rings. The van der Waals surface area contributed by atoms with E-state index in [-0.39, 0.29) is 0 Å². The highest BCUT2D eigenvalue weighted by Gasteiger charge is 2.08. The van der Waals surface area contributed by atoms with Crippen molar-refractivity contribution in [2.45, 2.75) is 22.3 Å². The number of hydrogen-bond donors (Lipinski definition) is 1. The summed E-state index contributed by atoms with van der Waals surface area (Å²) in [6.45, 7) is 1.71. The van der Waals surface area contributed by atoms with Crippen LogP contribution in [0.15, 0.2) is 32.9 Å². The van der Waals surface area contributed by atoms with Crippen LogP contribution < -0.4 is 0 Å². The van der Waals surface area contributed by atoms with Gasteiger partial charge in [-0.25, -0.2) is 0 Å². The standard InChI is InChI=1S/C10H9ClN2OS2/c1-6(14)7-2-3-9(8(11)4-7)16-10-13-12-5-15-10/h2-6,14H,1H3. The van der Waals surface area contributed by atoms with Gasteiger partial charge in [0.05, 0.1) is 11.1 Å². The van der Waals surface area contributed by atoms with Gasteiger partial charge in [-0.05, 0) is 24.6 Å². The molecule has 16 heavy (non-hydrogen) atoms. The molecular weight excluding hydrogens is 264 g/mol. The summed E-state index contributed by atoms with van der Waals surface area (Å²) in [6, 6.07) is 5.52. The van der Waals surface area contributed by atoms with Gasteiger partial charge in [0.2, 0.25) is 0 Å². The summed E-state index contributed by atoms with van der Waals surface area (Å²) >= 11 is 9.06. The number of nitrogens with zero attached hydrogens (tertiary/aromatic N) is 2. The summed E-state index contributed by atoms with van der Waals surface area (Å²) < 4.78 is 0.853. The molecule has 0 aliphatic rings. The Morgan fingerprint density at radius 3 is 2.88 bits per heavy atom. The van der Waals surface area contributed by atoms with Gasteiger partial charge in [0, 0.05) is 4.90 Å². The quantitative estimate of drug-likeness (QED) is 0.930. The molecule has 0 saturated heterocycles. The number of halogens is 1. The summed E-state index contributed by atoms with van der Waals surface area (Å²) in [5.74, 6) is 0. The normalized spacial score (nSPS) is 12.7. The predicted octanol–water partition coefficient (Wildman–Crippen LogP) is 3.40. The molecule has 0 aliphatic heterocycles. The lowest BCUT2D eigenvalue weighted by molar-refractivity contribution is 0.199. The minimum Gasteiger partial charge on any atom is -0.389 e. The van der Waals surface area contributed by atoms with Gasteiger partial charge in [-0.1, -0.05) is 40.8 Å². The van der Waals surface area contributed by atoms with Crippen molar-refractivity contribution in [3.8, 4) is 0 Å². The van der Waals surface area contributed by atoms with Crippen molar-refractivity contribution in [2.75, 3.05) is 0 Å². The lowest BCUT2D eigenvalue weighted by Crippen LogP contribution is -1.90. The Bertz CT molecular complexity index is 474. The fourth-order valence-corrected chi connectivity index (χ4v) is 2.90. The Kier molecular flexibility index (Phi) is 3.81. The van der Waals surface area contributed by atoms with Gasteiger partial charge in [-0.2, -0.15) is 0 Å². The van der Waals surface area contributed by atoms with E-state index in [1.54, 1.807) is 18.5 Å². The van der Waals surface area contributed by atoms with Gasteiger partial charge >= 0.3 is 0 Å². The van der Waals surface area contributed by atoms with Crippen LogP contribution in [-0.2, 0) is 0 Å². The number of aromatic nitrogens is 2. The fraction of sp³-hybridized carbons (Fsp3) is 0.200. The first-order chi connectivity index (χ1) is 7.66. The summed E-state index contributed by atoms with van der Waals surface area (Å²) in [4.78, 5) is 0.919. The molecule has 84 valence electrons. The molecule has 0 aliphatic carbocycles. The monoisotopic (exact) mass is 272 g/mol. The SMILES string of the molecule is CC(O)c1ccc(Sc2nncs2)c(Cl)c1. The maximum atomic E-state index is 9.41. The van der Waals surface area contributed by atoms with E-state index >= 15 is 0 Å². The van der Waals surface area contributed by atoms with E-state index in [0.29, 0.717) is 5.02 Å². The maximum Gasteiger partial charge on any atom is 0.178 e. The minimum atomic E-state index is -0.502. The highest BCUT2D eigenvalue weighted by Crippen LogP contribution is 2.35. The first-order valence-electron chi connectivity index (χ1n) is 4.58. The smallest absolute Gasteiger partial charge is 0.178 e. The lowest BCUT2D eigenvalue weighted by atomic mass is 10.1. The lowest BCUT2D eigenvalue weighted by Gasteiger charge is -2.07. The molecule has 1 aromatic heterocycles. The molecule has 3 nitrogen and oxygen atoms in total. The molecule has 1 unspecified atom stereocenters. The summed E-state index contributed by atoms with van der Waals surface area (Å²) in [7, 11) is 0. The molecule has 1 atom stereocenters. The van der Waals surface area contributed by atoms with E-state index in [1.165, 1.54) is 23.1 Å². The van der Waals surface area contributed by atoms with Crippen LogP contribution in [0.2, 0.25) is 5.02 Å². The van der Waals surface area contributed by atoms with Crippen LogP contribution in [0.1, 0.15) is 18.6 Å². The Morgan fingerprint density at radius 2 is 2.31 bits per heavy atom. The van der Waals surface area contributed by atoms with Crippen LogP contribution in [0.25, 0.3) is 0 Å². The molecule has 0 saturated carbocycles. The third kappa shape index (κ3) is 2.74. The summed E-state index contributed by atoms with van der Waals surface area (Å²) in [5.41, 5.74) is 2.49. The number of benzene rings is 1. The van der Waals surface area contributed by atoms with Gasteiger partial charge in [0.15, 0.2) is 4.34 Å². The maximum absolute atomic E-state index is 9.41. The van der Waals surface area contributed by atoms with Gasteiger partial charge in [0.25, 0.3) is 0 Å². The molecular formula is C10H9ClN2OS2. The second-order valence-corrected chi connectivity index (χ2v) is 5.70. The van der Waals surface area contributed by atoms with Crippen molar-refractivity contribution in [3.63, 3.8) is 0 Å². The number of aliphatic hydroxyl groups excluding tert-OH is 1. The molecule has 0 radical (unpaired) electrons. The molecule has 1 heterocycles. The van der Waals surface area contributed by atoms with Crippen molar-refractivity contribution in [2.24, 2.45) is 0 Å². The molecule has 0 spiro atoms. The van der Waals surface area contributed by atoms with E-state index in [0.717, 1.165) is 14.8 Å². The number of aliphatic hydroxyl groups is 1. The van der Waals surface area contributed by atoms with Gasteiger partial charge in [-0.3, -0.25) is 0 Å². The average Bonchev–Trinajstić information content (AvgIpc) is 2.73. The van der Waals surface area contributed by atoms with Gasteiger partial charge < -0.3 is 5.11 Å². The minimum absolute atomic E-state index is 0.502. The van der Waals surface area contributed by atoms with E-state index < -0.39 is 6.10 Å². The average molecular weight is 273 g/mol. The van der Waals surface area contributed by atoms with Crippen LogP contribution in [0.4, 0.5) is 0 Å². The molecule has 2 aromatic rings. The Hall–Kier alpha value is -0.620. The third-order valence-electron chi connectivity index (χ3n) is 1.98. The number of hydrogen-bond acceptors (Lipinski definition) is 5. The van der Waals surface area contributed by atoms with Crippen molar-refractivity contribution >= 4 is 34.7 Å². The molecule has 0 bridgehead atoms. The highest BCUT2D eigenvalue weighted by molar-refractivity contribution is 8.01. The van der Waals surface area contributed by atoms with Crippen LogP contribution in [0.3, 0.4) is 0 Å². The first-order valence-corrected chi connectivity index (χ1v) is 6.66. The van der Waals surface area contributed by atoms with E-state index in [2.05, 4.69) is 10.2 Å². The second-order valence-electron chi connectivity index (χ2n) is 3.17. The van der Waals surface area contributed by atoms with Crippen molar-refractivity contribution in [1.82, 2.24) is 10.2 Å². The number of rotatable bonds is 3. The van der Waals surface area contributed by atoms with Gasteiger partial charge in [0.1, 0.15) is 5.51 Å². The largest absolute Gasteiger partial charge is 0.389 e. The summed E-state index contributed by atoms with van der Waals surface area (Å²) in [6.07, 6.45) is -0.502. The Balaban J connectivity index is 2.23. The van der Waals surface area contributed by atoms with Crippen molar-refractivity contribution in [1.29, 1.82) is 0 Å².